The van der Waals surface area contributed by atoms with Crippen molar-refractivity contribution in [1.82, 2.24) is 9.55 Å². The third-order valence-electron chi connectivity index (χ3n) is 3.96. The lowest BCUT2D eigenvalue weighted by Gasteiger charge is -2.10. The molecule has 1 heterocycles. The van der Waals surface area contributed by atoms with Gasteiger partial charge in [0, 0.05) is 33.7 Å². The van der Waals surface area contributed by atoms with Crippen molar-refractivity contribution in [3.63, 3.8) is 0 Å². The van der Waals surface area contributed by atoms with E-state index in [2.05, 4.69) is 4.98 Å². The summed E-state index contributed by atoms with van der Waals surface area (Å²) >= 11 is 24.5. The average Bonchev–Trinajstić information content (AvgIpc) is 2.96. The summed E-state index contributed by atoms with van der Waals surface area (Å²) in [6.45, 7) is 1.05. The molecule has 0 bridgehead atoms. The molecule has 0 aliphatic carbocycles. The molecule has 25 heavy (non-hydrogen) atoms. The number of aryl methyl sites for hydroxylation is 2. The topological polar surface area (TPSA) is 43.8 Å². The molecule has 0 saturated heterocycles. The molecule has 2 N–H and O–H groups in total. The molecule has 0 atom stereocenters. The van der Waals surface area contributed by atoms with Crippen LogP contribution in [0.2, 0.25) is 20.1 Å². The summed E-state index contributed by atoms with van der Waals surface area (Å²) in [5.74, 6) is 0. The van der Waals surface area contributed by atoms with E-state index in [1.54, 1.807) is 24.5 Å². The van der Waals surface area contributed by atoms with E-state index >= 15 is 0 Å². The molecular weight excluding hydrogens is 400 g/mol. The quantitative estimate of drug-likeness (QED) is 0.567. The lowest BCUT2D eigenvalue weighted by molar-refractivity contribution is 0.661. The van der Waals surface area contributed by atoms with Gasteiger partial charge >= 0.3 is 0 Å². The number of aromatic nitrogens is 2. The van der Waals surface area contributed by atoms with Gasteiger partial charge in [-0.1, -0.05) is 52.5 Å². The number of imidazole rings is 1. The lowest BCUT2D eigenvalue weighted by atomic mass is 10.1. The van der Waals surface area contributed by atoms with Crippen molar-refractivity contribution in [2.75, 3.05) is 0 Å². The minimum atomic E-state index is 0.350. The maximum Gasteiger partial charge on any atom is 0.0956 e. The van der Waals surface area contributed by atoms with Crippen molar-refractivity contribution >= 4 is 46.4 Å². The van der Waals surface area contributed by atoms with E-state index in [-0.39, 0.29) is 0 Å². The number of nitrogens with zero attached hydrogens (tertiary/aromatic N) is 2. The fourth-order valence-corrected chi connectivity index (χ4v) is 3.69. The summed E-state index contributed by atoms with van der Waals surface area (Å²) in [5, 5.41) is 2.41. The van der Waals surface area contributed by atoms with E-state index < -0.39 is 0 Å². The second kappa shape index (κ2) is 7.98. The molecule has 1 aromatic heterocycles. The minimum absolute atomic E-state index is 0.350. The molecule has 2 aromatic carbocycles. The van der Waals surface area contributed by atoms with E-state index in [0.717, 1.165) is 28.9 Å². The molecule has 0 aliphatic rings. The van der Waals surface area contributed by atoms with Gasteiger partial charge in [0.1, 0.15) is 0 Å². The van der Waals surface area contributed by atoms with Crippen LogP contribution in [0.15, 0.2) is 42.7 Å². The zero-order valence-electron chi connectivity index (χ0n) is 13.1. The third kappa shape index (κ3) is 4.13. The van der Waals surface area contributed by atoms with Crippen LogP contribution in [0.1, 0.15) is 11.3 Å². The van der Waals surface area contributed by atoms with Crippen molar-refractivity contribution in [3.05, 3.63) is 74.1 Å². The van der Waals surface area contributed by atoms with E-state index in [1.807, 2.05) is 22.8 Å². The van der Waals surface area contributed by atoms with Crippen molar-refractivity contribution < 1.29 is 0 Å². The van der Waals surface area contributed by atoms with Crippen LogP contribution in [-0.2, 0) is 19.5 Å². The molecule has 0 aliphatic heterocycles. The van der Waals surface area contributed by atoms with Gasteiger partial charge in [-0.2, -0.15) is 0 Å². The first-order chi connectivity index (χ1) is 12.0. The van der Waals surface area contributed by atoms with Gasteiger partial charge in [0.15, 0.2) is 0 Å². The Morgan fingerprint density at radius 3 is 2.24 bits per heavy atom. The molecule has 0 radical (unpaired) electrons. The summed E-state index contributed by atoms with van der Waals surface area (Å²) in [6, 6.07) is 10.8. The van der Waals surface area contributed by atoms with Gasteiger partial charge in [-0.3, -0.25) is 0 Å². The van der Waals surface area contributed by atoms with E-state index in [9.17, 15) is 0 Å². The highest BCUT2D eigenvalue weighted by Crippen LogP contribution is 2.31. The SMILES string of the molecule is NCc1c(-c2ccc(Cl)cc2Cl)ncn1CCc1ccc(Cl)cc1Cl. The van der Waals surface area contributed by atoms with Gasteiger partial charge in [-0.15, -0.1) is 0 Å². The third-order valence-corrected chi connectivity index (χ3v) is 5.10. The predicted molar refractivity (Wildman–Crippen MR) is 106 cm³/mol. The molecule has 0 spiro atoms. The first kappa shape index (κ1) is 18.6. The molecule has 0 amide bonds. The zero-order valence-corrected chi connectivity index (χ0v) is 16.2. The minimum Gasteiger partial charge on any atom is -0.333 e. The van der Waals surface area contributed by atoms with Gasteiger partial charge in [0.2, 0.25) is 0 Å². The molecule has 130 valence electrons. The Morgan fingerprint density at radius 1 is 0.920 bits per heavy atom. The molecular formula is C18H15Cl4N3. The molecule has 0 saturated carbocycles. The highest BCUT2D eigenvalue weighted by molar-refractivity contribution is 6.36. The number of rotatable bonds is 5. The van der Waals surface area contributed by atoms with Crippen molar-refractivity contribution in [3.8, 4) is 11.3 Å². The van der Waals surface area contributed by atoms with Crippen molar-refractivity contribution in [2.24, 2.45) is 5.73 Å². The first-order valence-corrected chi connectivity index (χ1v) is 9.14. The van der Waals surface area contributed by atoms with Gasteiger partial charge in [-0.05, 0) is 42.3 Å². The normalized spacial score (nSPS) is 11.1. The second-order valence-electron chi connectivity index (χ2n) is 5.55. The fourth-order valence-electron chi connectivity index (χ4n) is 2.69. The Labute approximate surface area is 166 Å². The van der Waals surface area contributed by atoms with E-state index in [0.29, 0.717) is 33.2 Å². The Kier molecular flexibility index (Phi) is 5.92. The van der Waals surface area contributed by atoms with Crippen LogP contribution >= 0.6 is 46.4 Å². The molecule has 3 nitrogen and oxygen atoms in total. The Bertz CT molecular complexity index is 905. The second-order valence-corrected chi connectivity index (χ2v) is 7.23. The average molecular weight is 415 g/mol. The number of halogens is 4. The fraction of sp³-hybridized carbons (Fsp3) is 0.167. The van der Waals surface area contributed by atoms with Crippen LogP contribution < -0.4 is 5.73 Å². The highest BCUT2D eigenvalue weighted by Gasteiger charge is 2.15. The van der Waals surface area contributed by atoms with Crippen LogP contribution in [0.25, 0.3) is 11.3 Å². The predicted octanol–water partition coefficient (Wildman–Crippen LogP) is 5.87. The molecule has 0 unspecified atom stereocenters. The number of benzene rings is 2. The van der Waals surface area contributed by atoms with Crippen LogP contribution in [0.5, 0.6) is 0 Å². The van der Waals surface area contributed by atoms with Gasteiger partial charge in [0.05, 0.1) is 22.7 Å². The maximum atomic E-state index is 6.31. The van der Waals surface area contributed by atoms with Gasteiger partial charge in [0.25, 0.3) is 0 Å². The summed E-state index contributed by atoms with van der Waals surface area (Å²) in [4.78, 5) is 4.50. The molecule has 7 heteroatoms. The molecule has 3 rings (SSSR count). The highest BCUT2D eigenvalue weighted by atomic mass is 35.5. The van der Waals surface area contributed by atoms with Crippen molar-refractivity contribution in [2.45, 2.75) is 19.5 Å². The molecule has 3 aromatic rings. The van der Waals surface area contributed by atoms with Crippen LogP contribution in [0, 0.1) is 0 Å². The van der Waals surface area contributed by atoms with E-state index in [4.69, 9.17) is 52.1 Å². The summed E-state index contributed by atoms with van der Waals surface area (Å²) in [5.41, 5.74) is 9.48. The zero-order chi connectivity index (χ0) is 18.0. The van der Waals surface area contributed by atoms with Crippen molar-refractivity contribution in [1.29, 1.82) is 0 Å². The summed E-state index contributed by atoms with van der Waals surface area (Å²) in [6.07, 6.45) is 2.51. The van der Waals surface area contributed by atoms with E-state index in [1.165, 1.54) is 0 Å². The first-order valence-electron chi connectivity index (χ1n) is 7.63. The van der Waals surface area contributed by atoms with Gasteiger partial charge < -0.3 is 10.3 Å². The largest absolute Gasteiger partial charge is 0.333 e. The van der Waals surface area contributed by atoms with Crippen LogP contribution in [-0.4, -0.2) is 9.55 Å². The molecule has 0 fully saturated rings. The Balaban J connectivity index is 1.87. The van der Waals surface area contributed by atoms with Gasteiger partial charge in [-0.25, -0.2) is 4.98 Å². The van der Waals surface area contributed by atoms with Crippen LogP contribution in [0.4, 0.5) is 0 Å². The number of nitrogens with two attached hydrogens (primary N) is 1. The maximum absolute atomic E-state index is 6.31. The number of hydrogen-bond donors (Lipinski definition) is 1. The summed E-state index contributed by atoms with van der Waals surface area (Å²) in [7, 11) is 0. The summed E-state index contributed by atoms with van der Waals surface area (Å²) < 4.78 is 2.02. The Hall–Kier alpha value is -1.23. The monoisotopic (exact) mass is 413 g/mol. The Morgan fingerprint density at radius 2 is 1.60 bits per heavy atom. The standard InChI is InChI=1S/C18H15Cl4N3/c19-12-2-1-11(15(21)7-12)5-6-25-10-24-18(17(25)9-23)14-4-3-13(20)8-16(14)22/h1-4,7-8,10H,5-6,9,23H2. The lowest BCUT2D eigenvalue weighted by Crippen LogP contribution is -2.09. The number of hydrogen-bond acceptors (Lipinski definition) is 2. The smallest absolute Gasteiger partial charge is 0.0956 e. The van der Waals surface area contributed by atoms with Crippen LogP contribution in [0.3, 0.4) is 0 Å².